The van der Waals surface area contributed by atoms with Crippen LogP contribution in [-0.2, 0) is 4.79 Å². The van der Waals surface area contributed by atoms with Crippen molar-refractivity contribution in [2.75, 3.05) is 5.32 Å². The van der Waals surface area contributed by atoms with E-state index in [1.54, 1.807) is 12.3 Å². The van der Waals surface area contributed by atoms with Crippen LogP contribution in [0.1, 0.15) is 17.1 Å². The lowest BCUT2D eigenvalue weighted by Crippen LogP contribution is -2.09. The summed E-state index contributed by atoms with van der Waals surface area (Å²) in [5.74, 6) is 1.78. The van der Waals surface area contributed by atoms with Crippen LogP contribution >= 0.6 is 0 Å². The van der Waals surface area contributed by atoms with E-state index < -0.39 is 0 Å². The number of hydrogen-bond acceptors (Lipinski definition) is 3. The number of furan rings is 1. The van der Waals surface area contributed by atoms with Crippen LogP contribution in [-0.4, -0.2) is 10.9 Å². The van der Waals surface area contributed by atoms with E-state index >= 15 is 0 Å². The zero-order valence-corrected chi connectivity index (χ0v) is 10.3. The maximum absolute atomic E-state index is 11.6. The van der Waals surface area contributed by atoms with Crippen molar-refractivity contribution >= 4 is 17.8 Å². The number of aryl methyl sites for hydroxylation is 2. The molecule has 4 heteroatoms. The molecule has 0 spiro atoms. The van der Waals surface area contributed by atoms with Crippen LogP contribution in [0.5, 0.6) is 0 Å². The molecule has 1 N–H and O–H groups in total. The molecule has 0 saturated heterocycles. The first kappa shape index (κ1) is 12.1. The van der Waals surface area contributed by atoms with Gasteiger partial charge in [-0.1, -0.05) is 0 Å². The third-order valence-electron chi connectivity index (χ3n) is 2.33. The average Bonchev–Trinajstić information content (AvgIpc) is 2.73. The lowest BCUT2D eigenvalue weighted by molar-refractivity contribution is -0.111. The predicted octanol–water partition coefficient (Wildman–Crippen LogP) is 2.94. The molecule has 4 nitrogen and oxygen atoms in total. The Morgan fingerprint density at radius 2 is 2.17 bits per heavy atom. The number of carbonyl (C=O) groups is 1. The number of nitrogens with zero attached hydrogens (tertiary/aromatic N) is 1. The highest BCUT2D eigenvalue weighted by Gasteiger charge is 2.00. The topological polar surface area (TPSA) is 55.1 Å². The van der Waals surface area contributed by atoms with E-state index in [0.29, 0.717) is 11.6 Å². The SMILES string of the molecule is Cc1ccnc(NC(=O)/C=C/c2ccc(C)o2)c1. The molecule has 2 rings (SSSR count). The smallest absolute Gasteiger partial charge is 0.249 e. The first-order valence-electron chi connectivity index (χ1n) is 5.61. The molecule has 0 fully saturated rings. The van der Waals surface area contributed by atoms with E-state index in [9.17, 15) is 4.79 Å². The molecule has 0 bridgehead atoms. The van der Waals surface area contributed by atoms with Crippen LogP contribution in [0.25, 0.3) is 6.08 Å². The van der Waals surface area contributed by atoms with Crippen molar-refractivity contribution in [2.45, 2.75) is 13.8 Å². The number of anilines is 1. The summed E-state index contributed by atoms with van der Waals surface area (Å²) in [6.07, 6.45) is 4.70. The summed E-state index contributed by atoms with van der Waals surface area (Å²) < 4.78 is 5.32. The summed E-state index contributed by atoms with van der Waals surface area (Å²) in [4.78, 5) is 15.7. The molecule has 2 aromatic rings. The molecule has 0 aliphatic carbocycles. The Balaban J connectivity index is 1.98. The Morgan fingerprint density at radius 1 is 1.33 bits per heavy atom. The number of carbonyl (C=O) groups excluding carboxylic acids is 1. The van der Waals surface area contributed by atoms with Crippen LogP contribution in [0.2, 0.25) is 0 Å². The molecule has 2 aromatic heterocycles. The van der Waals surface area contributed by atoms with Crippen LogP contribution in [0.4, 0.5) is 5.82 Å². The molecule has 0 aliphatic rings. The lowest BCUT2D eigenvalue weighted by Gasteiger charge is -2.01. The van der Waals surface area contributed by atoms with Gasteiger partial charge in [-0.2, -0.15) is 0 Å². The number of nitrogens with one attached hydrogen (secondary N) is 1. The fourth-order valence-electron chi connectivity index (χ4n) is 1.47. The maximum atomic E-state index is 11.6. The highest BCUT2D eigenvalue weighted by Crippen LogP contribution is 2.09. The number of aromatic nitrogens is 1. The molecule has 92 valence electrons. The highest BCUT2D eigenvalue weighted by atomic mass is 16.3. The quantitative estimate of drug-likeness (QED) is 0.842. The summed E-state index contributed by atoms with van der Waals surface area (Å²) in [5.41, 5.74) is 1.05. The Morgan fingerprint density at radius 3 is 2.83 bits per heavy atom. The summed E-state index contributed by atoms with van der Waals surface area (Å²) in [7, 11) is 0. The third kappa shape index (κ3) is 3.31. The fraction of sp³-hybridized carbons (Fsp3) is 0.143. The Kier molecular flexibility index (Phi) is 3.57. The van der Waals surface area contributed by atoms with Crippen molar-refractivity contribution in [1.82, 2.24) is 4.98 Å². The van der Waals surface area contributed by atoms with E-state index in [1.165, 1.54) is 6.08 Å². The second kappa shape index (κ2) is 5.31. The van der Waals surface area contributed by atoms with Gasteiger partial charge in [0.1, 0.15) is 17.3 Å². The molecular weight excluding hydrogens is 228 g/mol. The standard InChI is InChI=1S/C14H14N2O2/c1-10-7-8-15-13(9-10)16-14(17)6-5-12-4-3-11(2)18-12/h3-9H,1-2H3,(H,15,16,17)/b6-5+. The first-order valence-corrected chi connectivity index (χ1v) is 5.61. The van der Waals surface area contributed by atoms with Gasteiger partial charge in [-0.3, -0.25) is 4.79 Å². The number of rotatable bonds is 3. The van der Waals surface area contributed by atoms with Gasteiger partial charge in [0.25, 0.3) is 0 Å². The van der Waals surface area contributed by atoms with Crippen molar-refractivity contribution in [2.24, 2.45) is 0 Å². The second-order valence-electron chi connectivity index (χ2n) is 3.99. The van der Waals surface area contributed by atoms with E-state index in [1.807, 2.05) is 38.1 Å². The minimum absolute atomic E-state index is 0.234. The minimum atomic E-state index is -0.234. The van der Waals surface area contributed by atoms with Crippen molar-refractivity contribution in [1.29, 1.82) is 0 Å². The monoisotopic (exact) mass is 242 g/mol. The van der Waals surface area contributed by atoms with Crippen LogP contribution in [0, 0.1) is 13.8 Å². The highest BCUT2D eigenvalue weighted by molar-refractivity contribution is 6.01. The largest absolute Gasteiger partial charge is 0.462 e. The van der Waals surface area contributed by atoms with E-state index in [2.05, 4.69) is 10.3 Å². The van der Waals surface area contributed by atoms with Crippen molar-refractivity contribution in [3.63, 3.8) is 0 Å². The molecule has 0 radical (unpaired) electrons. The summed E-state index contributed by atoms with van der Waals surface area (Å²) in [6, 6.07) is 7.34. The molecule has 0 atom stereocenters. The summed E-state index contributed by atoms with van der Waals surface area (Å²) >= 11 is 0. The van der Waals surface area contributed by atoms with Crippen molar-refractivity contribution < 1.29 is 9.21 Å². The summed E-state index contributed by atoms with van der Waals surface area (Å²) in [6.45, 7) is 3.80. The van der Waals surface area contributed by atoms with Gasteiger partial charge in [0.15, 0.2) is 0 Å². The van der Waals surface area contributed by atoms with Crippen LogP contribution < -0.4 is 5.32 Å². The Labute approximate surface area is 105 Å². The Bertz CT molecular complexity index is 585. The Hall–Kier alpha value is -2.36. The number of hydrogen-bond donors (Lipinski definition) is 1. The number of amides is 1. The third-order valence-corrected chi connectivity index (χ3v) is 2.33. The molecule has 0 saturated carbocycles. The van der Waals surface area contributed by atoms with E-state index in [0.717, 1.165) is 11.3 Å². The van der Waals surface area contributed by atoms with E-state index in [-0.39, 0.29) is 5.91 Å². The molecular formula is C14H14N2O2. The summed E-state index contributed by atoms with van der Waals surface area (Å²) in [5, 5.41) is 2.68. The second-order valence-corrected chi connectivity index (χ2v) is 3.99. The zero-order chi connectivity index (χ0) is 13.0. The zero-order valence-electron chi connectivity index (χ0n) is 10.3. The van der Waals surface area contributed by atoms with E-state index in [4.69, 9.17) is 4.42 Å². The molecule has 0 unspecified atom stereocenters. The van der Waals surface area contributed by atoms with Gasteiger partial charge in [-0.25, -0.2) is 4.98 Å². The average molecular weight is 242 g/mol. The predicted molar refractivity (Wildman–Crippen MR) is 70.1 cm³/mol. The molecule has 1 amide bonds. The van der Waals surface area contributed by atoms with Gasteiger partial charge in [0, 0.05) is 12.3 Å². The molecule has 18 heavy (non-hydrogen) atoms. The maximum Gasteiger partial charge on any atom is 0.249 e. The minimum Gasteiger partial charge on any atom is -0.462 e. The van der Waals surface area contributed by atoms with Gasteiger partial charge in [-0.05, 0) is 49.8 Å². The molecule has 2 heterocycles. The first-order chi connectivity index (χ1) is 8.63. The van der Waals surface area contributed by atoms with Gasteiger partial charge in [-0.15, -0.1) is 0 Å². The molecule has 0 aliphatic heterocycles. The van der Waals surface area contributed by atoms with Crippen LogP contribution in [0.3, 0.4) is 0 Å². The van der Waals surface area contributed by atoms with Gasteiger partial charge in [0.2, 0.25) is 5.91 Å². The van der Waals surface area contributed by atoms with Crippen molar-refractivity contribution in [3.05, 3.63) is 53.6 Å². The molecule has 0 aromatic carbocycles. The van der Waals surface area contributed by atoms with Crippen LogP contribution in [0.15, 0.2) is 41.0 Å². The van der Waals surface area contributed by atoms with Gasteiger partial charge >= 0.3 is 0 Å². The fourth-order valence-corrected chi connectivity index (χ4v) is 1.47. The van der Waals surface area contributed by atoms with Gasteiger partial charge < -0.3 is 9.73 Å². The van der Waals surface area contributed by atoms with Gasteiger partial charge in [0.05, 0.1) is 0 Å². The lowest BCUT2D eigenvalue weighted by atomic mass is 10.3. The van der Waals surface area contributed by atoms with Crippen molar-refractivity contribution in [3.8, 4) is 0 Å². The number of pyridine rings is 1. The normalized spacial score (nSPS) is 10.8.